The van der Waals surface area contributed by atoms with Crippen LogP contribution in [0.4, 0.5) is 0 Å². The predicted molar refractivity (Wildman–Crippen MR) is 87.9 cm³/mol. The fourth-order valence-electron chi connectivity index (χ4n) is 2.43. The molecule has 20 heavy (non-hydrogen) atoms. The van der Waals surface area contributed by atoms with Gasteiger partial charge in [0.25, 0.3) is 0 Å². The predicted octanol–water partition coefficient (Wildman–Crippen LogP) is 5.31. The lowest BCUT2D eigenvalue weighted by atomic mass is 9.93. The fourth-order valence-corrected chi connectivity index (χ4v) is 3.04. The summed E-state index contributed by atoms with van der Waals surface area (Å²) in [5, 5.41) is 4.89. The molecule has 0 aromatic heterocycles. The SMILES string of the molecule is CCNC(c1cc(C)ccc1C)c1c(Cl)cccc1Cl. The Morgan fingerprint density at radius 3 is 2.30 bits per heavy atom. The molecule has 0 spiro atoms. The molecule has 1 atom stereocenters. The lowest BCUT2D eigenvalue weighted by molar-refractivity contribution is 0.627. The van der Waals surface area contributed by atoms with E-state index in [0.29, 0.717) is 10.0 Å². The van der Waals surface area contributed by atoms with E-state index in [1.807, 2.05) is 18.2 Å². The summed E-state index contributed by atoms with van der Waals surface area (Å²) in [4.78, 5) is 0. The summed E-state index contributed by atoms with van der Waals surface area (Å²) in [5.41, 5.74) is 4.64. The van der Waals surface area contributed by atoms with Crippen molar-refractivity contribution in [3.05, 3.63) is 68.7 Å². The molecule has 0 saturated heterocycles. The van der Waals surface area contributed by atoms with E-state index in [9.17, 15) is 0 Å². The number of hydrogen-bond donors (Lipinski definition) is 1. The molecule has 106 valence electrons. The second-order valence-electron chi connectivity index (χ2n) is 4.99. The van der Waals surface area contributed by atoms with Crippen LogP contribution in [0.5, 0.6) is 0 Å². The van der Waals surface area contributed by atoms with Gasteiger partial charge in [0.15, 0.2) is 0 Å². The minimum atomic E-state index is 0.0149. The Morgan fingerprint density at radius 1 is 1.05 bits per heavy atom. The van der Waals surface area contributed by atoms with Crippen molar-refractivity contribution in [3.8, 4) is 0 Å². The van der Waals surface area contributed by atoms with Gasteiger partial charge in [0, 0.05) is 15.6 Å². The summed E-state index contributed by atoms with van der Waals surface area (Å²) in [6.45, 7) is 7.15. The quantitative estimate of drug-likeness (QED) is 0.807. The van der Waals surface area contributed by atoms with Gasteiger partial charge in [-0.2, -0.15) is 0 Å². The molecule has 3 heteroatoms. The first-order valence-corrected chi connectivity index (χ1v) is 7.54. The van der Waals surface area contributed by atoms with Crippen molar-refractivity contribution in [3.63, 3.8) is 0 Å². The summed E-state index contributed by atoms with van der Waals surface area (Å²) in [7, 11) is 0. The third-order valence-electron chi connectivity index (χ3n) is 3.44. The van der Waals surface area contributed by atoms with E-state index in [1.54, 1.807) is 0 Å². The molecule has 0 saturated carbocycles. The highest BCUT2D eigenvalue weighted by Gasteiger charge is 2.20. The van der Waals surface area contributed by atoms with Gasteiger partial charge in [-0.25, -0.2) is 0 Å². The minimum Gasteiger partial charge on any atom is -0.306 e. The molecular formula is C17H19Cl2N. The maximum absolute atomic E-state index is 6.38. The van der Waals surface area contributed by atoms with Crippen molar-refractivity contribution in [1.82, 2.24) is 5.32 Å². The first-order chi connectivity index (χ1) is 9.54. The third-order valence-corrected chi connectivity index (χ3v) is 4.10. The summed E-state index contributed by atoms with van der Waals surface area (Å²) in [5.74, 6) is 0. The molecule has 1 N–H and O–H groups in total. The van der Waals surface area contributed by atoms with E-state index in [-0.39, 0.29) is 6.04 Å². The number of benzene rings is 2. The zero-order valence-corrected chi connectivity index (χ0v) is 13.5. The molecule has 0 fully saturated rings. The molecule has 1 unspecified atom stereocenters. The highest BCUT2D eigenvalue weighted by Crippen LogP contribution is 2.35. The Balaban J connectivity index is 2.59. The summed E-state index contributed by atoms with van der Waals surface area (Å²) >= 11 is 12.8. The molecular weight excluding hydrogens is 289 g/mol. The van der Waals surface area contributed by atoms with Crippen LogP contribution in [-0.2, 0) is 0 Å². The third kappa shape index (κ3) is 3.17. The molecule has 0 aliphatic rings. The Labute approximate surface area is 130 Å². The first-order valence-electron chi connectivity index (χ1n) is 6.79. The average Bonchev–Trinajstić information content (AvgIpc) is 2.40. The molecule has 1 nitrogen and oxygen atoms in total. The van der Waals surface area contributed by atoms with E-state index in [2.05, 4.69) is 44.3 Å². The number of hydrogen-bond acceptors (Lipinski definition) is 1. The van der Waals surface area contributed by atoms with Crippen molar-refractivity contribution in [2.75, 3.05) is 6.54 Å². The van der Waals surface area contributed by atoms with Crippen LogP contribution < -0.4 is 5.32 Å². The second-order valence-corrected chi connectivity index (χ2v) is 5.80. The van der Waals surface area contributed by atoms with Gasteiger partial charge in [-0.1, -0.05) is 60.0 Å². The van der Waals surface area contributed by atoms with Gasteiger partial charge in [-0.3, -0.25) is 0 Å². The molecule has 0 aliphatic heterocycles. The molecule has 0 aliphatic carbocycles. The normalized spacial score (nSPS) is 12.4. The molecule has 0 heterocycles. The molecule has 0 bridgehead atoms. The van der Waals surface area contributed by atoms with Crippen LogP contribution in [0, 0.1) is 13.8 Å². The Morgan fingerprint density at radius 2 is 1.70 bits per heavy atom. The van der Waals surface area contributed by atoms with Gasteiger partial charge < -0.3 is 5.32 Å². The Hall–Kier alpha value is -1.02. The number of aryl methyl sites for hydroxylation is 2. The van der Waals surface area contributed by atoms with Crippen LogP contribution in [-0.4, -0.2) is 6.54 Å². The lowest BCUT2D eigenvalue weighted by Gasteiger charge is -2.23. The van der Waals surface area contributed by atoms with Crippen LogP contribution >= 0.6 is 23.2 Å². The minimum absolute atomic E-state index is 0.0149. The Bertz CT molecular complexity index is 588. The fraction of sp³-hybridized carbons (Fsp3) is 0.294. The lowest BCUT2D eigenvalue weighted by Crippen LogP contribution is -2.23. The summed E-state index contributed by atoms with van der Waals surface area (Å²) in [6.07, 6.45) is 0. The van der Waals surface area contributed by atoms with Crippen molar-refractivity contribution in [2.24, 2.45) is 0 Å². The number of halogens is 2. The van der Waals surface area contributed by atoms with E-state index in [4.69, 9.17) is 23.2 Å². The van der Waals surface area contributed by atoms with Gasteiger partial charge in [-0.15, -0.1) is 0 Å². The number of rotatable bonds is 4. The molecule has 2 aromatic rings. The van der Waals surface area contributed by atoms with E-state index in [1.165, 1.54) is 16.7 Å². The van der Waals surface area contributed by atoms with Gasteiger partial charge in [-0.05, 0) is 43.7 Å². The van der Waals surface area contributed by atoms with Crippen LogP contribution in [0.3, 0.4) is 0 Å². The van der Waals surface area contributed by atoms with Crippen LogP contribution in [0.2, 0.25) is 10.0 Å². The summed E-state index contributed by atoms with van der Waals surface area (Å²) < 4.78 is 0. The van der Waals surface area contributed by atoms with Gasteiger partial charge in [0.1, 0.15) is 0 Å². The topological polar surface area (TPSA) is 12.0 Å². The van der Waals surface area contributed by atoms with Crippen LogP contribution in [0.25, 0.3) is 0 Å². The van der Waals surface area contributed by atoms with Crippen molar-refractivity contribution in [1.29, 1.82) is 0 Å². The molecule has 2 rings (SSSR count). The first kappa shape index (κ1) is 15.4. The van der Waals surface area contributed by atoms with E-state index < -0.39 is 0 Å². The van der Waals surface area contributed by atoms with Crippen molar-refractivity contribution >= 4 is 23.2 Å². The zero-order chi connectivity index (χ0) is 14.7. The maximum atomic E-state index is 6.38. The van der Waals surface area contributed by atoms with E-state index in [0.717, 1.165) is 12.1 Å². The van der Waals surface area contributed by atoms with Gasteiger partial charge in [0.05, 0.1) is 6.04 Å². The van der Waals surface area contributed by atoms with E-state index >= 15 is 0 Å². The Kier molecular flexibility index (Phi) is 5.09. The molecule has 0 amide bonds. The van der Waals surface area contributed by atoms with Crippen molar-refractivity contribution < 1.29 is 0 Å². The highest BCUT2D eigenvalue weighted by atomic mass is 35.5. The average molecular weight is 308 g/mol. The monoisotopic (exact) mass is 307 g/mol. The van der Waals surface area contributed by atoms with Gasteiger partial charge >= 0.3 is 0 Å². The second kappa shape index (κ2) is 6.62. The van der Waals surface area contributed by atoms with Crippen molar-refractivity contribution in [2.45, 2.75) is 26.8 Å². The summed E-state index contributed by atoms with van der Waals surface area (Å²) in [6, 6.07) is 12.1. The number of nitrogens with one attached hydrogen (secondary N) is 1. The smallest absolute Gasteiger partial charge is 0.0609 e. The maximum Gasteiger partial charge on any atom is 0.0609 e. The standard InChI is InChI=1S/C17H19Cl2N/c1-4-20-17(13-10-11(2)8-9-12(13)3)16-14(18)6-5-7-15(16)19/h5-10,17,20H,4H2,1-3H3. The largest absolute Gasteiger partial charge is 0.306 e. The highest BCUT2D eigenvalue weighted by molar-refractivity contribution is 6.36. The van der Waals surface area contributed by atoms with Crippen LogP contribution in [0.15, 0.2) is 36.4 Å². The van der Waals surface area contributed by atoms with Crippen LogP contribution in [0.1, 0.15) is 35.2 Å². The van der Waals surface area contributed by atoms with Gasteiger partial charge in [0.2, 0.25) is 0 Å². The molecule has 0 radical (unpaired) electrons. The zero-order valence-electron chi connectivity index (χ0n) is 12.0. The molecule has 2 aromatic carbocycles.